The molecule has 3 aromatic carbocycles. The Balaban J connectivity index is 1.23. The van der Waals surface area contributed by atoms with Crippen LogP contribution in [0.3, 0.4) is 0 Å². The Hall–Kier alpha value is -3.97. The van der Waals surface area contributed by atoms with Crippen molar-refractivity contribution in [1.82, 2.24) is 0 Å². The number of ether oxygens (including phenoxy) is 2. The molecule has 0 saturated heterocycles. The summed E-state index contributed by atoms with van der Waals surface area (Å²) in [4.78, 5) is 41.1. The third kappa shape index (κ3) is 5.96. The molecule has 43 heavy (non-hydrogen) atoms. The smallest absolute Gasteiger partial charge is 0.340 e. The van der Waals surface area contributed by atoms with Crippen LogP contribution in [-0.2, 0) is 16.0 Å². The van der Waals surface area contributed by atoms with Gasteiger partial charge >= 0.3 is 5.97 Å². The van der Waals surface area contributed by atoms with Gasteiger partial charge in [-0.15, -0.1) is 0 Å². The average Bonchev–Trinajstić information content (AvgIpc) is 3.03. The Kier molecular flexibility index (Phi) is 8.61. The number of anilines is 2. The second-order valence-corrected chi connectivity index (χ2v) is 12.2. The number of hydrogen-bond donors (Lipinski definition) is 2. The van der Waals surface area contributed by atoms with Crippen LogP contribution in [0.1, 0.15) is 106 Å². The summed E-state index contributed by atoms with van der Waals surface area (Å²) in [6.07, 6.45) is 8.22. The highest BCUT2D eigenvalue weighted by Crippen LogP contribution is 2.43. The van der Waals surface area contributed by atoms with E-state index in [4.69, 9.17) is 15.2 Å². The van der Waals surface area contributed by atoms with E-state index in [-0.39, 0.29) is 40.0 Å². The number of fused-ring (bicyclic) bond motifs is 3. The van der Waals surface area contributed by atoms with E-state index in [9.17, 15) is 14.4 Å². The molecule has 224 valence electrons. The summed E-state index contributed by atoms with van der Waals surface area (Å²) in [6.45, 7) is 3.42. The highest BCUT2D eigenvalue weighted by molar-refractivity contribution is 6.32. The lowest BCUT2D eigenvalue weighted by atomic mass is 9.69. The van der Waals surface area contributed by atoms with E-state index in [2.05, 4.69) is 12.2 Å². The first-order chi connectivity index (χ1) is 20.9. The lowest BCUT2D eigenvalue weighted by Gasteiger charge is -2.41. The fraction of sp³-hybridized carbons (Fsp3) is 0.417. The van der Waals surface area contributed by atoms with E-state index in [1.807, 2.05) is 30.3 Å². The lowest BCUT2D eigenvalue weighted by molar-refractivity contribution is -0.0404. The number of nitrogens with one attached hydrogen (secondary N) is 1. The Morgan fingerprint density at radius 1 is 0.860 bits per heavy atom. The quantitative estimate of drug-likeness (QED) is 0.125. The number of carbonyl (C=O) groups excluding carboxylic acids is 3. The van der Waals surface area contributed by atoms with Crippen molar-refractivity contribution in [2.24, 2.45) is 11.8 Å². The number of unbranched alkanes of at least 4 members (excludes halogenated alkanes) is 1. The molecule has 0 spiro atoms. The maximum Gasteiger partial charge on any atom is 0.340 e. The molecule has 7 heteroatoms. The third-order valence-electron chi connectivity index (χ3n) is 9.43. The number of esters is 1. The van der Waals surface area contributed by atoms with Gasteiger partial charge in [0, 0.05) is 30.0 Å². The van der Waals surface area contributed by atoms with E-state index in [0.717, 1.165) is 63.5 Å². The van der Waals surface area contributed by atoms with Crippen molar-refractivity contribution in [2.75, 3.05) is 17.7 Å². The van der Waals surface area contributed by atoms with Gasteiger partial charge < -0.3 is 20.5 Å². The maximum absolute atomic E-state index is 13.7. The molecule has 2 saturated carbocycles. The van der Waals surface area contributed by atoms with Crippen LogP contribution < -0.4 is 11.1 Å². The van der Waals surface area contributed by atoms with Crippen LogP contribution in [0.4, 0.5) is 11.4 Å². The minimum Gasteiger partial charge on any atom is -0.459 e. The van der Waals surface area contributed by atoms with E-state index in [0.29, 0.717) is 41.3 Å². The maximum atomic E-state index is 13.7. The molecule has 3 aliphatic carbocycles. The second-order valence-electron chi connectivity index (χ2n) is 12.2. The molecule has 0 aliphatic heterocycles. The number of hydrogen-bond acceptors (Lipinski definition) is 7. The van der Waals surface area contributed by atoms with Gasteiger partial charge in [0.15, 0.2) is 11.6 Å². The van der Waals surface area contributed by atoms with Crippen LogP contribution in [0.2, 0.25) is 0 Å². The molecular weight excluding hydrogens is 540 g/mol. The molecule has 0 radical (unpaired) electrons. The number of nitrogens with two attached hydrogens (primary N) is 1. The van der Waals surface area contributed by atoms with E-state index < -0.39 is 5.97 Å². The van der Waals surface area contributed by atoms with Crippen molar-refractivity contribution in [2.45, 2.75) is 77.0 Å². The van der Waals surface area contributed by atoms with Crippen LogP contribution in [-0.4, -0.2) is 36.4 Å². The Morgan fingerprint density at radius 2 is 1.49 bits per heavy atom. The minimum atomic E-state index is -0.554. The van der Waals surface area contributed by atoms with Gasteiger partial charge in [-0.2, -0.15) is 0 Å². The molecule has 6 rings (SSSR count). The fourth-order valence-electron chi connectivity index (χ4n) is 7.09. The number of ketones is 2. The molecule has 3 aliphatic rings. The molecule has 4 unspecified atom stereocenters. The predicted molar refractivity (Wildman–Crippen MR) is 166 cm³/mol. The fourth-order valence-corrected chi connectivity index (χ4v) is 7.09. The first-order valence-corrected chi connectivity index (χ1v) is 15.7. The van der Waals surface area contributed by atoms with Gasteiger partial charge in [0.2, 0.25) is 0 Å². The molecule has 0 heterocycles. The van der Waals surface area contributed by atoms with Crippen LogP contribution in [0.25, 0.3) is 0 Å². The van der Waals surface area contributed by atoms with Crippen molar-refractivity contribution >= 4 is 28.9 Å². The minimum absolute atomic E-state index is 0.00321. The summed E-state index contributed by atoms with van der Waals surface area (Å²) in [5.74, 6) is -0.0976. The van der Waals surface area contributed by atoms with Gasteiger partial charge in [0.1, 0.15) is 6.10 Å². The summed E-state index contributed by atoms with van der Waals surface area (Å²) in [5, 5.41) is 3.31. The molecule has 4 atom stereocenters. The summed E-state index contributed by atoms with van der Waals surface area (Å²) in [6, 6.07) is 18.1. The van der Waals surface area contributed by atoms with Crippen molar-refractivity contribution < 1.29 is 23.9 Å². The van der Waals surface area contributed by atoms with Gasteiger partial charge in [-0.25, -0.2) is 4.79 Å². The summed E-state index contributed by atoms with van der Waals surface area (Å²) >= 11 is 0. The number of rotatable bonds is 9. The largest absolute Gasteiger partial charge is 0.459 e. The summed E-state index contributed by atoms with van der Waals surface area (Å²) in [5.41, 5.74) is 8.95. The van der Waals surface area contributed by atoms with E-state index in [1.165, 1.54) is 0 Å². The van der Waals surface area contributed by atoms with Gasteiger partial charge in [-0.05, 0) is 68.4 Å². The van der Waals surface area contributed by atoms with Crippen molar-refractivity contribution in [1.29, 1.82) is 0 Å². The third-order valence-corrected chi connectivity index (χ3v) is 9.43. The second kappa shape index (κ2) is 12.7. The molecular formula is C36H40N2O5. The van der Waals surface area contributed by atoms with E-state index >= 15 is 0 Å². The van der Waals surface area contributed by atoms with Crippen molar-refractivity contribution in [3.8, 4) is 0 Å². The van der Waals surface area contributed by atoms with Crippen molar-refractivity contribution in [3.63, 3.8) is 0 Å². The monoisotopic (exact) mass is 580 g/mol. The van der Waals surface area contributed by atoms with Gasteiger partial charge in [-0.3, -0.25) is 9.59 Å². The Labute approximate surface area is 253 Å². The van der Waals surface area contributed by atoms with Gasteiger partial charge in [-0.1, -0.05) is 67.9 Å². The highest BCUT2D eigenvalue weighted by Gasteiger charge is 2.39. The Morgan fingerprint density at radius 3 is 2.19 bits per heavy atom. The van der Waals surface area contributed by atoms with Crippen LogP contribution in [0, 0.1) is 11.8 Å². The number of benzene rings is 3. The molecule has 0 bridgehead atoms. The molecule has 7 nitrogen and oxygen atoms in total. The lowest BCUT2D eigenvalue weighted by Crippen LogP contribution is -2.37. The Bertz CT molecular complexity index is 1520. The van der Waals surface area contributed by atoms with Gasteiger partial charge in [0.05, 0.1) is 28.5 Å². The molecule has 0 amide bonds. The zero-order chi connectivity index (χ0) is 29.9. The zero-order valence-corrected chi connectivity index (χ0v) is 24.8. The molecule has 3 aromatic rings. The van der Waals surface area contributed by atoms with Crippen LogP contribution in [0.5, 0.6) is 0 Å². The topological polar surface area (TPSA) is 108 Å². The summed E-state index contributed by atoms with van der Waals surface area (Å²) in [7, 11) is 0. The van der Waals surface area contributed by atoms with Gasteiger partial charge in [0.25, 0.3) is 0 Å². The number of nitrogen functional groups attached to an aromatic ring is 1. The molecule has 2 fully saturated rings. The molecule has 3 N–H and O–H groups in total. The molecule has 0 aromatic heterocycles. The van der Waals surface area contributed by atoms with E-state index in [1.54, 1.807) is 30.3 Å². The first kappa shape index (κ1) is 29.1. The number of carbonyl (C=O) groups is 3. The normalized spacial score (nSPS) is 22.7. The highest BCUT2D eigenvalue weighted by atomic mass is 16.5. The zero-order valence-electron chi connectivity index (χ0n) is 24.8. The summed E-state index contributed by atoms with van der Waals surface area (Å²) < 4.78 is 12.2. The SMILES string of the molecule is CCCCOC1CCC2CC(OC(=O)c3cc(NCc4ccccc4)c4c(c3N)C(=O)c3ccccc3C4=O)CCC2C1. The average molecular weight is 581 g/mol. The standard InChI is InChI=1S/C36H40N2O5/c1-2-3-17-42-25-15-13-24-19-26(16-14-23(24)18-25)43-36(41)29-20-30(38-21-22-9-5-4-6-10-22)31-32(33(29)37)35(40)28-12-8-7-11-27(28)34(31)39/h4-12,20,23-26,38H,2-3,13-19,21,37H2,1H3. The van der Waals surface area contributed by atoms with Crippen LogP contribution >= 0.6 is 0 Å². The predicted octanol–water partition coefficient (Wildman–Crippen LogP) is 6.97. The van der Waals surface area contributed by atoms with Crippen molar-refractivity contribution in [3.05, 3.63) is 94.0 Å². The first-order valence-electron chi connectivity index (χ1n) is 15.7. The van der Waals surface area contributed by atoms with Crippen LogP contribution in [0.15, 0.2) is 60.7 Å².